The van der Waals surface area contributed by atoms with Crippen LogP contribution >= 0.6 is 12.4 Å². The lowest BCUT2D eigenvalue weighted by Gasteiger charge is -2.27. The fourth-order valence-electron chi connectivity index (χ4n) is 2.20. The summed E-state index contributed by atoms with van der Waals surface area (Å²) in [5, 5.41) is 2.89. The van der Waals surface area contributed by atoms with Crippen LogP contribution in [0.25, 0.3) is 0 Å². The number of nitrogens with one attached hydrogen (secondary N) is 1. The van der Waals surface area contributed by atoms with E-state index >= 15 is 0 Å². The summed E-state index contributed by atoms with van der Waals surface area (Å²) < 4.78 is 1.77. The molecule has 0 heterocycles. The number of urea groups is 1. The molecule has 1 aromatic carbocycles. The van der Waals surface area contributed by atoms with Crippen molar-refractivity contribution in [3.8, 4) is 0 Å². The van der Waals surface area contributed by atoms with Gasteiger partial charge in [0.15, 0.2) is 8.96 Å². The molecule has 5 N–H and O–H groups in total. The first-order valence-electron chi connectivity index (χ1n) is 7.35. The van der Waals surface area contributed by atoms with Gasteiger partial charge < -0.3 is 21.3 Å². The molecule has 124 valence electrons. The van der Waals surface area contributed by atoms with Crippen molar-refractivity contribution in [3.63, 3.8) is 0 Å². The number of hydrogen-bond donors (Lipinski definition) is 3. The molecule has 0 aliphatic rings. The average Bonchev–Trinajstić information content (AvgIpc) is 2.49. The standard InChI is InChI=1S/C15H26N4OSi.ClH/c1-2-19(15(20)18-11-6-9-16)21(12-10-17)13-14-7-4-3-5-8-14;/h2-5,7-8,21H,1,6,9-13,16-17H2,(H,18,20);1H. The van der Waals surface area contributed by atoms with Gasteiger partial charge in [-0.15, -0.1) is 12.4 Å². The van der Waals surface area contributed by atoms with Crippen molar-refractivity contribution < 1.29 is 4.79 Å². The Morgan fingerprint density at radius 2 is 1.95 bits per heavy atom. The van der Waals surface area contributed by atoms with E-state index in [9.17, 15) is 4.79 Å². The molecule has 1 rings (SSSR count). The number of nitrogens with two attached hydrogens (primary N) is 2. The van der Waals surface area contributed by atoms with Crippen LogP contribution in [0.15, 0.2) is 43.1 Å². The number of benzene rings is 1. The molecule has 0 bridgehead atoms. The lowest BCUT2D eigenvalue weighted by Crippen LogP contribution is -2.48. The first kappa shape index (κ1) is 20.7. The molecule has 0 aliphatic carbocycles. The molecule has 0 spiro atoms. The molecule has 7 heteroatoms. The molecule has 0 radical (unpaired) electrons. The SMILES string of the molecule is C=CN(C(=O)NCCCN)[SiH](CCN)Cc1ccccc1.Cl. The van der Waals surface area contributed by atoms with Gasteiger partial charge in [-0.25, -0.2) is 4.79 Å². The third-order valence-electron chi connectivity index (χ3n) is 3.30. The number of carbonyl (C=O) groups excluding carboxylic acids is 1. The zero-order valence-corrected chi connectivity index (χ0v) is 14.9. The van der Waals surface area contributed by atoms with Crippen molar-refractivity contribution in [1.82, 2.24) is 9.88 Å². The Labute approximate surface area is 140 Å². The summed E-state index contributed by atoms with van der Waals surface area (Å²) in [6.45, 7) is 5.54. The van der Waals surface area contributed by atoms with Gasteiger partial charge in [-0.3, -0.25) is 0 Å². The van der Waals surface area contributed by atoms with Gasteiger partial charge in [0.05, 0.1) is 0 Å². The largest absolute Gasteiger partial charge is 0.338 e. The minimum Gasteiger partial charge on any atom is -0.338 e. The normalized spacial score (nSPS) is 11.2. The third kappa shape index (κ3) is 7.08. The Morgan fingerprint density at radius 1 is 1.27 bits per heavy atom. The molecule has 0 fully saturated rings. The maximum absolute atomic E-state index is 12.3. The third-order valence-corrected chi connectivity index (χ3v) is 6.47. The minimum atomic E-state index is -1.54. The summed E-state index contributed by atoms with van der Waals surface area (Å²) in [4.78, 5) is 12.3. The second-order valence-corrected chi connectivity index (χ2v) is 7.73. The summed E-state index contributed by atoms with van der Waals surface area (Å²) in [6.07, 6.45) is 2.41. The molecule has 0 aliphatic heterocycles. The molecule has 1 unspecified atom stereocenters. The van der Waals surface area contributed by atoms with Gasteiger partial charge in [0, 0.05) is 6.54 Å². The van der Waals surface area contributed by atoms with E-state index in [2.05, 4.69) is 24.0 Å². The van der Waals surface area contributed by atoms with Gasteiger partial charge in [-0.2, -0.15) is 0 Å². The lowest BCUT2D eigenvalue weighted by atomic mass is 10.2. The van der Waals surface area contributed by atoms with Gasteiger partial charge >= 0.3 is 6.03 Å². The van der Waals surface area contributed by atoms with Gasteiger partial charge in [0.2, 0.25) is 0 Å². The smallest absolute Gasteiger partial charge is 0.313 e. The first-order valence-corrected chi connectivity index (χ1v) is 9.50. The van der Waals surface area contributed by atoms with E-state index in [4.69, 9.17) is 11.5 Å². The van der Waals surface area contributed by atoms with E-state index in [0.29, 0.717) is 19.6 Å². The Bertz CT molecular complexity index is 433. The van der Waals surface area contributed by atoms with E-state index in [1.54, 1.807) is 10.8 Å². The second kappa shape index (κ2) is 12.2. The van der Waals surface area contributed by atoms with Crippen molar-refractivity contribution in [1.29, 1.82) is 0 Å². The van der Waals surface area contributed by atoms with Crippen LogP contribution in [0.3, 0.4) is 0 Å². The number of carbonyl (C=O) groups is 1. The van der Waals surface area contributed by atoms with Crippen molar-refractivity contribution in [2.24, 2.45) is 11.5 Å². The van der Waals surface area contributed by atoms with Crippen LogP contribution in [0, 0.1) is 0 Å². The molecule has 2 amide bonds. The Morgan fingerprint density at radius 3 is 2.50 bits per heavy atom. The van der Waals surface area contributed by atoms with Crippen molar-refractivity contribution in [3.05, 3.63) is 48.7 Å². The summed E-state index contributed by atoms with van der Waals surface area (Å²) in [5.41, 5.74) is 12.4. The van der Waals surface area contributed by atoms with E-state index in [1.807, 2.05) is 18.2 Å². The zero-order chi connectivity index (χ0) is 15.5. The molecule has 5 nitrogen and oxygen atoms in total. The Hall–Kier alpha value is -1.34. The number of rotatable bonds is 9. The average molecular weight is 343 g/mol. The highest BCUT2D eigenvalue weighted by Gasteiger charge is 2.22. The van der Waals surface area contributed by atoms with E-state index in [-0.39, 0.29) is 18.4 Å². The van der Waals surface area contributed by atoms with E-state index in [0.717, 1.165) is 18.5 Å². The number of halogens is 1. The predicted molar refractivity (Wildman–Crippen MR) is 97.5 cm³/mol. The zero-order valence-electron chi connectivity index (χ0n) is 12.9. The molecule has 1 aromatic rings. The maximum Gasteiger partial charge on any atom is 0.313 e. The van der Waals surface area contributed by atoms with Gasteiger partial charge in [-0.1, -0.05) is 36.9 Å². The van der Waals surface area contributed by atoms with E-state index < -0.39 is 8.96 Å². The van der Waals surface area contributed by atoms with Crippen LogP contribution in [0.5, 0.6) is 0 Å². The minimum absolute atomic E-state index is 0. The van der Waals surface area contributed by atoms with Crippen molar-refractivity contribution in [2.75, 3.05) is 19.6 Å². The molecule has 0 saturated carbocycles. The topological polar surface area (TPSA) is 84.4 Å². The number of amides is 2. The maximum atomic E-state index is 12.3. The highest BCUT2D eigenvalue weighted by Crippen LogP contribution is 2.10. The Balaban J connectivity index is 0.00000441. The molecular weight excluding hydrogens is 316 g/mol. The van der Waals surface area contributed by atoms with Crippen LogP contribution in [-0.2, 0) is 6.04 Å². The van der Waals surface area contributed by atoms with E-state index in [1.165, 1.54) is 5.56 Å². The van der Waals surface area contributed by atoms with Crippen molar-refractivity contribution >= 4 is 27.4 Å². The quantitative estimate of drug-likeness (QED) is 0.468. The molecule has 1 atom stereocenters. The summed E-state index contributed by atoms with van der Waals surface area (Å²) in [6, 6.07) is 11.9. The highest BCUT2D eigenvalue weighted by atomic mass is 35.5. The fourth-order valence-corrected chi connectivity index (χ4v) is 4.81. The van der Waals surface area contributed by atoms with Gasteiger partial charge in [0.1, 0.15) is 0 Å². The monoisotopic (exact) mass is 342 g/mol. The molecule has 0 saturated heterocycles. The van der Waals surface area contributed by atoms with Crippen LogP contribution in [0.2, 0.25) is 6.04 Å². The fraction of sp³-hybridized carbons (Fsp3) is 0.400. The van der Waals surface area contributed by atoms with Gasteiger partial charge in [0.25, 0.3) is 0 Å². The van der Waals surface area contributed by atoms with Crippen LogP contribution < -0.4 is 16.8 Å². The summed E-state index contributed by atoms with van der Waals surface area (Å²) in [7, 11) is -1.54. The van der Waals surface area contributed by atoms with Crippen LogP contribution in [0.1, 0.15) is 12.0 Å². The summed E-state index contributed by atoms with van der Waals surface area (Å²) >= 11 is 0. The van der Waals surface area contributed by atoms with Crippen LogP contribution in [0.4, 0.5) is 4.79 Å². The lowest BCUT2D eigenvalue weighted by molar-refractivity contribution is 0.230. The predicted octanol–water partition coefficient (Wildman–Crippen LogP) is 1.38. The Kier molecular flexibility index (Phi) is 11.5. The number of hydrogen-bond acceptors (Lipinski definition) is 3. The molecule has 0 aromatic heterocycles. The highest BCUT2D eigenvalue weighted by molar-refractivity contribution is 6.58. The van der Waals surface area contributed by atoms with Crippen molar-refractivity contribution in [2.45, 2.75) is 18.5 Å². The second-order valence-electron chi connectivity index (χ2n) is 4.88. The number of nitrogens with zero attached hydrogens (tertiary/aromatic N) is 1. The summed E-state index contributed by atoms with van der Waals surface area (Å²) in [5.74, 6) is 0. The van der Waals surface area contributed by atoms with Gasteiger partial charge in [-0.05, 0) is 43.4 Å². The first-order chi connectivity index (χ1) is 10.2. The molecular formula is C15H27ClN4OSi. The molecule has 22 heavy (non-hydrogen) atoms. The van der Waals surface area contributed by atoms with Crippen LogP contribution in [-0.4, -0.2) is 39.2 Å².